The highest BCUT2D eigenvalue weighted by Crippen LogP contribution is 2.34. The second kappa shape index (κ2) is 6.48. The van der Waals surface area contributed by atoms with Gasteiger partial charge in [0.25, 0.3) is 0 Å². The first-order valence-electron chi connectivity index (χ1n) is 7.70. The summed E-state index contributed by atoms with van der Waals surface area (Å²) in [6.07, 6.45) is 3.10. The number of carbonyl (C=O) groups is 1. The van der Waals surface area contributed by atoms with E-state index < -0.39 is 0 Å². The van der Waals surface area contributed by atoms with E-state index in [-0.39, 0.29) is 24.2 Å². The largest absolute Gasteiger partial charge is 0.395 e. The number of benzene rings is 1. The fraction of sp³-hybridized carbons (Fsp3) is 0.588. The van der Waals surface area contributed by atoms with Gasteiger partial charge in [-0.15, -0.1) is 0 Å². The Morgan fingerprint density at radius 3 is 2.76 bits per heavy atom. The predicted octanol–water partition coefficient (Wildman–Crippen LogP) is 2.87. The van der Waals surface area contributed by atoms with E-state index in [0.29, 0.717) is 6.54 Å². The van der Waals surface area contributed by atoms with Gasteiger partial charge in [0.05, 0.1) is 12.6 Å². The van der Waals surface area contributed by atoms with Crippen molar-refractivity contribution >= 4 is 6.03 Å². The average molecular weight is 290 g/mol. The zero-order chi connectivity index (χ0) is 15.5. The number of aliphatic hydroxyl groups excluding tert-OH is 1. The minimum absolute atomic E-state index is 0.0176. The topological polar surface area (TPSA) is 52.6 Å². The number of fused-ring (bicyclic) bond motifs is 1. The molecule has 1 aliphatic rings. The summed E-state index contributed by atoms with van der Waals surface area (Å²) in [6, 6.07) is 8.28. The fourth-order valence-electron chi connectivity index (χ4n) is 2.95. The molecule has 1 aliphatic carbocycles. The van der Waals surface area contributed by atoms with Crippen LogP contribution in [0, 0.1) is 0 Å². The summed E-state index contributed by atoms with van der Waals surface area (Å²) < 4.78 is 0. The zero-order valence-electron chi connectivity index (χ0n) is 13.2. The van der Waals surface area contributed by atoms with Crippen molar-refractivity contribution in [2.75, 3.05) is 13.2 Å². The molecular formula is C17H26N2O2. The van der Waals surface area contributed by atoms with Gasteiger partial charge >= 0.3 is 6.03 Å². The summed E-state index contributed by atoms with van der Waals surface area (Å²) >= 11 is 0. The molecule has 0 fully saturated rings. The molecule has 2 rings (SSSR count). The Hall–Kier alpha value is -1.55. The van der Waals surface area contributed by atoms with Crippen LogP contribution in [0.5, 0.6) is 0 Å². The molecule has 0 aliphatic heterocycles. The number of urea groups is 1. The SMILES string of the molecule is CC(C)(C)NC(=O)N(CCO)C1CCCc2ccccc21. The minimum atomic E-state index is -0.279. The van der Waals surface area contributed by atoms with E-state index in [2.05, 4.69) is 17.4 Å². The lowest BCUT2D eigenvalue weighted by molar-refractivity contribution is 0.138. The van der Waals surface area contributed by atoms with Gasteiger partial charge in [-0.2, -0.15) is 0 Å². The van der Waals surface area contributed by atoms with Crippen LogP contribution in [-0.4, -0.2) is 34.7 Å². The van der Waals surface area contributed by atoms with E-state index in [9.17, 15) is 9.90 Å². The molecule has 1 unspecified atom stereocenters. The van der Waals surface area contributed by atoms with Crippen LogP contribution in [0.15, 0.2) is 24.3 Å². The normalized spacial score (nSPS) is 18.0. The number of nitrogens with one attached hydrogen (secondary N) is 1. The molecule has 2 amide bonds. The summed E-state index contributed by atoms with van der Waals surface area (Å²) in [7, 11) is 0. The maximum atomic E-state index is 12.6. The molecule has 0 aromatic heterocycles. The van der Waals surface area contributed by atoms with Crippen molar-refractivity contribution in [3.05, 3.63) is 35.4 Å². The van der Waals surface area contributed by atoms with Crippen LogP contribution in [0.4, 0.5) is 4.79 Å². The van der Waals surface area contributed by atoms with Crippen molar-refractivity contribution in [1.82, 2.24) is 10.2 Å². The molecule has 4 heteroatoms. The maximum absolute atomic E-state index is 12.6. The van der Waals surface area contributed by atoms with Gasteiger partial charge in [-0.25, -0.2) is 4.79 Å². The van der Waals surface area contributed by atoms with Gasteiger partial charge < -0.3 is 15.3 Å². The first-order chi connectivity index (χ1) is 9.92. The van der Waals surface area contributed by atoms with Crippen molar-refractivity contribution in [2.24, 2.45) is 0 Å². The number of hydrogen-bond donors (Lipinski definition) is 2. The van der Waals surface area contributed by atoms with Gasteiger partial charge in [0.2, 0.25) is 0 Å². The van der Waals surface area contributed by atoms with Crippen molar-refractivity contribution in [1.29, 1.82) is 0 Å². The summed E-state index contributed by atoms with van der Waals surface area (Å²) in [4.78, 5) is 14.3. The van der Waals surface area contributed by atoms with Gasteiger partial charge in [0.15, 0.2) is 0 Å². The van der Waals surface area contributed by atoms with Crippen LogP contribution in [0.2, 0.25) is 0 Å². The Morgan fingerprint density at radius 1 is 1.38 bits per heavy atom. The number of rotatable bonds is 3. The summed E-state index contributed by atoms with van der Waals surface area (Å²) in [5, 5.41) is 12.3. The number of carbonyl (C=O) groups excluding carboxylic acids is 1. The molecule has 1 aromatic carbocycles. The molecule has 0 bridgehead atoms. The lowest BCUT2D eigenvalue weighted by atomic mass is 9.87. The average Bonchev–Trinajstić information content (AvgIpc) is 2.42. The van der Waals surface area contributed by atoms with Crippen LogP contribution in [0.1, 0.15) is 50.8 Å². The lowest BCUT2D eigenvalue weighted by Gasteiger charge is -2.37. The zero-order valence-corrected chi connectivity index (χ0v) is 13.2. The second-order valence-electron chi connectivity index (χ2n) is 6.70. The summed E-state index contributed by atoms with van der Waals surface area (Å²) in [5.41, 5.74) is 2.26. The molecule has 116 valence electrons. The number of amides is 2. The highest BCUT2D eigenvalue weighted by Gasteiger charge is 2.30. The Morgan fingerprint density at radius 2 is 2.10 bits per heavy atom. The van der Waals surface area contributed by atoms with E-state index in [4.69, 9.17) is 0 Å². The quantitative estimate of drug-likeness (QED) is 0.899. The van der Waals surface area contributed by atoms with E-state index in [1.54, 1.807) is 4.90 Å². The number of hydrogen-bond acceptors (Lipinski definition) is 2. The molecule has 1 atom stereocenters. The van der Waals surface area contributed by atoms with Crippen LogP contribution in [0.25, 0.3) is 0 Å². The van der Waals surface area contributed by atoms with Crippen molar-refractivity contribution in [2.45, 2.75) is 51.6 Å². The van der Waals surface area contributed by atoms with Crippen LogP contribution in [0.3, 0.4) is 0 Å². The Kier molecular flexibility index (Phi) is 4.88. The van der Waals surface area contributed by atoms with Crippen LogP contribution >= 0.6 is 0 Å². The Labute approximate surface area is 127 Å². The van der Waals surface area contributed by atoms with Crippen molar-refractivity contribution < 1.29 is 9.90 Å². The Balaban J connectivity index is 2.25. The van der Waals surface area contributed by atoms with Gasteiger partial charge in [-0.3, -0.25) is 0 Å². The second-order valence-corrected chi connectivity index (χ2v) is 6.70. The standard InChI is InChI=1S/C17H26N2O2/c1-17(2,3)18-16(21)19(11-12-20)15-10-6-8-13-7-4-5-9-14(13)15/h4-5,7,9,15,20H,6,8,10-12H2,1-3H3,(H,18,21). The number of aliphatic hydroxyl groups is 1. The third-order valence-corrected chi connectivity index (χ3v) is 3.80. The molecule has 4 nitrogen and oxygen atoms in total. The van der Waals surface area contributed by atoms with Crippen molar-refractivity contribution in [3.8, 4) is 0 Å². The van der Waals surface area contributed by atoms with Gasteiger partial charge in [-0.05, 0) is 51.2 Å². The van der Waals surface area contributed by atoms with Gasteiger partial charge in [0, 0.05) is 12.1 Å². The summed E-state index contributed by atoms with van der Waals surface area (Å²) in [5.74, 6) is 0. The van der Waals surface area contributed by atoms with Crippen molar-refractivity contribution in [3.63, 3.8) is 0 Å². The monoisotopic (exact) mass is 290 g/mol. The third-order valence-electron chi connectivity index (χ3n) is 3.80. The predicted molar refractivity (Wildman–Crippen MR) is 84.2 cm³/mol. The fourth-order valence-corrected chi connectivity index (χ4v) is 2.95. The molecule has 0 spiro atoms. The summed E-state index contributed by atoms with van der Waals surface area (Å²) in [6.45, 7) is 6.25. The minimum Gasteiger partial charge on any atom is -0.395 e. The van der Waals surface area contributed by atoms with Crippen LogP contribution < -0.4 is 5.32 Å². The highest BCUT2D eigenvalue weighted by molar-refractivity contribution is 5.75. The van der Waals surface area contributed by atoms with Gasteiger partial charge in [-0.1, -0.05) is 24.3 Å². The molecule has 0 saturated heterocycles. The molecule has 0 heterocycles. The number of aryl methyl sites for hydroxylation is 1. The van der Waals surface area contributed by atoms with E-state index in [1.165, 1.54) is 11.1 Å². The molecule has 2 N–H and O–H groups in total. The number of nitrogens with zero attached hydrogens (tertiary/aromatic N) is 1. The van der Waals surface area contributed by atoms with E-state index >= 15 is 0 Å². The molecule has 1 aromatic rings. The smallest absolute Gasteiger partial charge is 0.318 e. The highest BCUT2D eigenvalue weighted by atomic mass is 16.3. The van der Waals surface area contributed by atoms with Crippen LogP contribution in [-0.2, 0) is 6.42 Å². The third kappa shape index (κ3) is 3.97. The Bertz CT molecular complexity index is 494. The first kappa shape index (κ1) is 15.8. The maximum Gasteiger partial charge on any atom is 0.318 e. The molecule has 0 saturated carbocycles. The van der Waals surface area contributed by atoms with E-state index in [1.807, 2.05) is 32.9 Å². The molecule has 0 radical (unpaired) electrons. The molecular weight excluding hydrogens is 264 g/mol. The van der Waals surface area contributed by atoms with E-state index in [0.717, 1.165) is 19.3 Å². The first-order valence-corrected chi connectivity index (χ1v) is 7.70. The molecule has 21 heavy (non-hydrogen) atoms. The lowest BCUT2D eigenvalue weighted by Crippen LogP contribution is -2.50. The van der Waals surface area contributed by atoms with Gasteiger partial charge in [0.1, 0.15) is 0 Å².